The number of anilines is 1. The van der Waals surface area contributed by atoms with E-state index in [-0.39, 0.29) is 36.1 Å². The second-order valence-electron chi connectivity index (χ2n) is 8.25. The molecule has 1 aliphatic rings. The Morgan fingerprint density at radius 2 is 1.97 bits per heavy atom. The lowest BCUT2D eigenvalue weighted by atomic mass is 10.1. The highest BCUT2D eigenvalue weighted by Gasteiger charge is 2.37. The molecule has 1 saturated carbocycles. The molecule has 0 saturated heterocycles. The second-order valence-corrected chi connectivity index (χ2v) is 8.25. The third kappa shape index (κ3) is 8.67. The fourth-order valence-electron chi connectivity index (χ4n) is 2.98. The van der Waals surface area contributed by atoms with E-state index < -0.39 is 5.60 Å². The van der Waals surface area contributed by atoms with Crippen molar-refractivity contribution in [2.45, 2.75) is 65.6 Å². The highest BCUT2D eigenvalue weighted by Crippen LogP contribution is 2.35. The first kappa shape index (κ1) is 26.5. The molecule has 0 radical (unpaired) electrons. The van der Waals surface area contributed by atoms with Crippen molar-refractivity contribution in [3.05, 3.63) is 29.3 Å². The molecule has 0 heterocycles. The molecule has 0 aliphatic heterocycles. The van der Waals surface area contributed by atoms with Gasteiger partial charge in [0.1, 0.15) is 5.60 Å². The average Bonchev–Trinajstić information content (AvgIpc) is 3.46. The van der Waals surface area contributed by atoms with Crippen LogP contribution in [0.5, 0.6) is 0 Å². The van der Waals surface area contributed by atoms with E-state index in [1.807, 2.05) is 51.7 Å². The molecule has 30 heavy (non-hydrogen) atoms. The van der Waals surface area contributed by atoms with Crippen molar-refractivity contribution in [2.24, 2.45) is 4.99 Å². The number of halogens is 1. The van der Waals surface area contributed by atoms with Gasteiger partial charge in [-0.2, -0.15) is 0 Å². The third-order valence-electron chi connectivity index (χ3n) is 4.45. The Morgan fingerprint density at radius 1 is 1.27 bits per heavy atom. The molecule has 170 valence electrons. The molecule has 0 spiro atoms. The minimum absolute atomic E-state index is 0. The van der Waals surface area contributed by atoms with Crippen LogP contribution in [-0.4, -0.2) is 50.5 Å². The fraction of sp³-hybridized carbons (Fsp3) is 0.636. The number of carbonyl (C=O) groups excluding carboxylic acids is 1. The van der Waals surface area contributed by atoms with E-state index >= 15 is 0 Å². The SMILES string of the molecule is CCOCCNC(=NC)NCc1ccc(N(C(=O)OC(C)(C)C)C2CC2)c(C)c1.I. The van der Waals surface area contributed by atoms with Crippen molar-refractivity contribution in [3.63, 3.8) is 0 Å². The zero-order valence-electron chi connectivity index (χ0n) is 19.1. The van der Waals surface area contributed by atoms with E-state index in [0.717, 1.165) is 35.6 Å². The first-order valence-corrected chi connectivity index (χ1v) is 10.4. The van der Waals surface area contributed by atoms with Gasteiger partial charge in [-0.15, -0.1) is 24.0 Å². The number of amides is 1. The quantitative estimate of drug-likeness (QED) is 0.227. The van der Waals surface area contributed by atoms with Gasteiger partial charge in [0, 0.05) is 32.8 Å². The second kappa shape index (κ2) is 12.3. The number of nitrogens with one attached hydrogen (secondary N) is 2. The van der Waals surface area contributed by atoms with Crippen LogP contribution >= 0.6 is 24.0 Å². The summed E-state index contributed by atoms with van der Waals surface area (Å²) in [6, 6.07) is 6.40. The molecule has 7 nitrogen and oxygen atoms in total. The summed E-state index contributed by atoms with van der Waals surface area (Å²) in [7, 11) is 1.75. The zero-order chi connectivity index (χ0) is 21.4. The maximum atomic E-state index is 12.7. The molecule has 0 bridgehead atoms. The van der Waals surface area contributed by atoms with Crippen LogP contribution in [-0.2, 0) is 16.0 Å². The van der Waals surface area contributed by atoms with E-state index in [2.05, 4.69) is 21.7 Å². The Hall–Kier alpha value is -1.55. The number of carbonyl (C=O) groups is 1. The highest BCUT2D eigenvalue weighted by atomic mass is 127. The molecule has 1 aromatic rings. The lowest BCUT2D eigenvalue weighted by molar-refractivity contribution is 0.0577. The number of rotatable bonds is 8. The van der Waals surface area contributed by atoms with E-state index in [1.54, 1.807) is 7.05 Å². The van der Waals surface area contributed by atoms with Crippen molar-refractivity contribution in [1.29, 1.82) is 0 Å². The molecule has 8 heteroatoms. The molecule has 2 N–H and O–H groups in total. The standard InChI is InChI=1S/C22H36N4O3.HI/c1-7-28-13-12-24-20(23-6)25-15-17-8-11-19(16(2)14-17)26(18-9-10-18)21(27)29-22(3,4)5;/h8,11,14,18H,7,9-10,12-13,15H2,1-6H3,(H2,23,24,25);1H. The van der Waals surface area contributed by atoms with Crippen LogP contribution in [0.25, 0.3) is 0 Å². The van der Waals surface area contributed by atoms with Gasteiger partial charge < -0.3 is 20.1 Å². The molecule has 0 aromatic heterocycles. The van der Waals surface area contributed by atoms with Gasteiger partial charge in [-0.05, 0) is 64.7 Å². The molecule has 0 unspecified atom stereocenters. The lowest BCUT2D eigenvalue weighted by Gasteiger charge is -2.28. The van der Waals surface area contributed by atoms with Crippen LogP contribution in [0.2, 0.25) is 0 Å². The Bertz CT molecular complexity index is 715. The van der Waals surface area contributed by atoms with E-state index in [0.29, 0.717) is 26.3 Å². The van der Waals surface area contributed by atoms with Gasteiger partial charge in [0.25, 0.3) is 0 Å². The van der Waals surface area contributed by atoms with Crippen molar-refractivity contribution in [1.82, 2.24) is 10.6 Å². The molecular weight excluding hydrogens is 495 g/mol. The molecule has 2 rings (SSSR count). The summed E-state index contributed by atoms with van der Waals surface area (Å²) in [5.74, 6) is 0.736. The molecular formula is C22H37IN4O3. The van der Waals surface area contributed by atoms with E-state index in [9.17, 15) is 4.79 Å². The van der Waals surface area contributed by atoms with E-state index in [4.69, 9.17) is 9.47 Å². The minimum Gasteiger partial charge on any atom is -0.443 e. The van der Waals surface area contributed by atoms with Crippen LogP contribution in [0, 0.1) is 6.92 Å². The summed E-state index contributed by atoms with van der Waals surface area (Å²) in [5, 5.41) is 6.53. The van der Waals surface area contributed by atoms with Gasteiger partial charge in [-0.25, -0.2) is 4.79 Å². The highest BCUT2D eigenvalue weighted by molar-refractivity contribution is 14.0. The number of hydrogen-bond donors (Lipinski definition) is 2. The summed E-state index contributed by atoms with van der Waals surface area (Å²) in [6.07, 6.45) is 1.77. The van der Waals surface area contributed by atoms with Crippen LogP contribution in [0.4, 0.5) is 10.5 Å². The predicted octanol–water partition coefficient (Wildman–Crippen LogP) is 4.22. The summed E-state index contributed by atoms with van der Waals surface area (Å²) in [6.45, 7) is 12.4. The van der Waals surface area contributed by atoms with Gasteiger partial charge >= 0.3 is 6.09 Å². The predicted molar refractivity (Wildman–Crippen MR) is 133 cm³/mol. The molecule has 1 amide bonds. The van der Waals surface area contributed by atoms with Crippen LogP contribution in [0.1, 0.15) is 51.7 Å². The van der Waals surface area contributed by atoms with Crippen LogP contribution in [0.3, 0.4) is 0 Å². The molecule has 1 aromatic carbocycles. The number of aryl methyl sites for hydroxylation is 1. The maximum Gasteiger partial charge on any atom is 0.415 e. The number of hydrogen-bond acceptors (Lipinski definition) is 4. The van der Waals surface area contributed by atoms with E-state index in [1.165, 1.54) is 0 Å². The summed E-state index contributed by atoms with van der Waals surface area (Å²) >= 11 is 0. The van der Waals surface area contributed by atoms with Crippen molar-refractivity contribution in [2.75, 3.05) is 31.7 Å². The van der Waals surface area contributed by atoms with Crippen molar-refractivity contribution >= 4 is 41.7 Å². The van der Waals surface area contributed by atoms with Crippen LogP contribution < -0.4 is 15.5 Å². The first-order valence-electron chi connectivity index (χ1n) is 10.4. The Kier molecular flexibility index (Phi) is 10.9. The number of nitrogens with zero attached hydrogens (tertiary/aromatic N) is 2. The Labute approximate surface area is 198 Å². The Morgan fingerprint density at radius 3 is 2.50 bits per heavy atom. The molecule has 1 fully saturated rings. The third-order valence-corrected chi connectivity index (χ3v) is 4.45. The monoisotopic (exact) mass is 532 g/mol. The van der Waals surface area contributed by atoms with Gasteiger partial charge in [-0.3, -0.25) is 9.89 Å². The maximum absolute atomic E-state index is 12.7. The smallest absolute Gasteiger partial charge is 0.415 e. The largest absolute Gasteiger partial charge is 0.443 e. The van der Waals surface area contributed by atoms with Gasteiger partial charge in [0.15, 0.2) is 5.96 Å². The van der Waals surface area contributed by atoms with Crippen molar-refractivity contribution in [3.8, 4) is 0 Å². The summed E-state index contributed by atoms with van der Waals surface area (Å²) < 4.78 is 11.0. The van der Waals surface area contributed by atoms with Gasteiger partial charge in [0.2, 0.25) is 0 Å². The van der Waals surface area contributed by atoms with Gasteiger partial charge in [0.05, 0.1) is 12.3 Å². The molecule has 0 atom stereocenters. The number of ether oxygens (including phenoxy) is 2. The normalized spacial score (nSPS) is 14.0. The number of benzene rings is 1. The number of guanidine groups is 1. The fourth-order valence-corrected chi connectivity index (χ4v) is 2.98. The van der Waals surface area contributed by atoms with Crippen molar-refractivity contribution < 1.29 is 14.3 Å². The Balaban J connectivity index is 0.00000450. The zero-order valence-corrected chi connectivity index (χ0v) is 21.4. The summed E-state index contributed by atoms with van der Waals surface area (Å²) in [4.78, 5) is 18.8. The lowest BCUT2D eigenvalue weighted by Crippen LogP contribution is -2.39. The van der Waals surface area contributed by atoms with Gasteiger partial charge in [-0.1, -0.05) is 12.1 Å². The minimum atomic E-state index is -0.507. The first-order chi connectivity index (χ1) is 13.7. The molecule has 1 aliphatic carbocycles. The average molecular weight is 532 g/mol. The topological polar surface area (TPSA) is 75.2 Å². The summed E-state index contributed by atoms with van der Waals surface area (Å²) in [5.41, 5.74) is 2.59. The van der Waals surface area contributed by atoms with Crippen LogP contribution in [0.15, 0.2) is 23.2 Å². The number of aliphatic imine (C=N–C) groups is 1.